The minimum absolute atomic E-state index is 0.0393. The molecule has 6 nitrogen and oxygen atoms in total. The fraction of sp³-hybridized carbons (Fsp3) is 0.833. The summed E-state index contributed by atoms with van der Waals surface area (Å²) in [6, 6.07) is 1.12. The molecule has 8 heteroatoms. The molecule has 182 valence electrons. The van der Waals surface area contributed by atoms with Gasteiger partial charge in [0.1, 0.15) is 0 Å². The monoisotopic (exact) mass is 480 g/mol. The summed E-state index contributed by atoms with van der Waals surface area (Å²) < 4.78 is 13.2. The molecule has 1 heterocycles. The van der Waals surface area contributed by atoms with Crippen LogP contribution in [0.3, 0.4) is 0 Å². The van der Waals surface area contributed by atoms with Gasteiger partial charge in [0, 0.05) is 37.3 Å². The predicted octanol–water partition coefficient (Wildman–Crippen LogP) is 6.05. The molecule has 0 saturated heterocycles. The summed E-state index contributed by atoms with van der Waals surface area (Å²) in [6.45, 7) is 19.9. The second-order valence-electron chi connectivity index (χ2n) is 12.9. The number of fused-ring (bicyclic) bond motifs is 1. The minimum atomic E-state index is -1.90. The number of carbonyl (C=O) groups is 1. The molecule has 32 heavy (non-hydrogen) atoms. The zero-order valence-corrected chi connectivity index (χ0v) is 23.4. The highest BCUT2D eigenvalue weighted by molar-refractivity contribution is 6.76. The third kappa shape index (κ3) is 5.39. The van der Waals surface area contributed by atoms with Crippen LogP contribution in [0.2, 0.25) is 43.8 Å². The van der Waals surface area contributed by atoms with Crippen LogP contribution in [0.25, 0.3) is 0 Å². The Morgan fingerprint density at radius 1 is 1.25 bits per heavy atom. The van der Waals surface area contributed by atoms with E-state index in [9.17, 15) is 9.90 Å². The molecule has 3 unspecified atom stereocenters. The number of carboxylic acid groups (broad SMARTS) is 1. The molecule has 2 aliphatic rings. The van der Waals surface area contributed by atoms with E-state index in [1.807, 2.05) is 0 Å². The molecule has 0 radical (unpaired) electrons. The Morgan fingerprint density at radius 3 is 2.53 bits per heavy atom. The van der Waals surface area contributed by atoms with Gasteiger partial charge in [0.05, 0.1) is 12.7 Å². The van der Waals surface area contributed by atoms with Crippen molar-refractivity contribution < 1.29 is 19.1 Å². The maximum absolute atomic E-state index is 11.9. The first-order valence-corrected chi connectivity index (χ1v) is 18.8. The zero-order valence-electron chi connectivity index (χ0n) is 21.4. The van der Waals surface area contributed by atoms with E-state index in [1.165, 1.54) is 0 Å². The van der Waals surface area contributed by atoms with Crippen LogP contribution in [0.4, 0.5) is 0 Å². The van der Waals surface area contributed by atoms with Gasteiger partial charge in [-0.2, -0.15) is 5.10 Å². The Bertz CT molecular complexity index is 825. The van der Waals surface area contributed by atoms with Crippen LogP contribution in [0, 0.1) is 5.41 Å². The summed E-state index contributed by atoms with van der Waals surface area (Å²) in [5, 5.41) is 17.2. The maximum Gasteiger partial charge on any atom is 0.356 e. The summed E-state index contributed by atoms with van der Waals surface area (Å²) in [5.41, 5.74) is 2.07. The van der Waals surface area contributed by atoms with Gasteiger partial charge in [-0.25, -0.2) is 4.79 Å². The summed E-state index contributed by atoms with van der Waals surface area (Å²) in [5.74, 6) is -0.903. The molecule has 0 aliphatic heterocycles. The van der Waals surface area contributed by atoms with Gasteiger partial charge in [-0.1, -0.05) is 46.8 Å². The third-order valence-electron chi connectivity index (χ3n) is 8.06. The number of nitrogens with one attached hydrogen (secondary N) is 1. The van der Waals surface area contributed by atoms with Crippen molar-refractivity contribution in [3.05, 3.63) is 17.0 Å². The van der Waals surface area contributed by atoms with Gasteiger partial charge >= 0.3 is 5.97 Å². The lowest BCUT2D eigenvalue weighted by Crippen LogP contribution is -2.49. The maximum atomic E-state index is 11.9. The molecule has 0 bridgehead atoms. The van der Waals surface area contributed by atoms with E-state index >= 15 is 0 Å². The van der Waals surface area contributed by atoms with Crippen molar-refractivity contribution in [2.75, 3.05) is 13.2 Å². The molecule has 1 aromatic rings. The van der Waals surface area contributed by atoms with Crippen molar-refractivity contribution in [2.45, 2.75) is 109 Å². The summed E-state index contributed by atoms with van der Waals surface area (Å²) in [6.07, 6.45) is 5.35. The summed E-state index contributed by atoms with van der Waals surface area (Å²) in [7, 11) is -3.08. The normalized spacial score (nSPS) is 26.5. The first-order chi connectivity index (χ1) is 14.7. The SMILES string of the molecule is CC(C)(C)[Si](C)(C)OC1CCCC12Cc1[nH]nc(C(=O)O)c1C(COCC[Si](C)(C)C)C2. The van der Waals surface area contributed by atoms with Gasteiger partial charge in [-0.15, -0.1) is 0 Å². The van der Waals surface area contributed by atoms with E-state index in [2.05, 4.69) is 63.7 Å². The number of hydrogen-bond acceptors (Lipinski definition) is 4. The summed E-state index contributed by atoms with van der Waals surface area (Å²) >= 11 is 0. The van der Waals surface area contributed by atoms with Crippen molar-refractivity contribution in [1.82, 2.24) is 10.2 Å². The highest BCUT2D eigenvalue weighted by atomic mass is 28.4. The second-order valence-corrected chi connectivity index (χ2v) is 23.2. The first kappa shape index (κ1) is 25.7. The number of rotatable bonds is 8. The number of hydrogen-bond donors (Lipinski definition) is 2. The van der Waals surface area contributed by atoms with Crippen molar-refractivity contribution in [3.63, 3.8) is 0 Å². The van der Waals surface area contributed by atoms with E-state index < -0.39 is 22.4 Å². The van der Waals surface area contributed by atoms with Gasteiger partial charge in [-0.05, 0) is 49.9 Å². The van der Waals surface area contributed by atoms with Crippen LogP contribution in [0.15, 0.2) is 0 Å². The molecule has 0 amide bonds. The lowest BCUT2D eigenvalue weighted by Gasteiger charge is -2.47. The Kier molecular flexibility index (Phi) is 7.22. The van der Waals surface area contributed by atoms with Crippen molar-refractivity contribution in [2.24, 2.45) is 5.41 Å². The van der Waals surface area contributed by atoms with Crippen molar-refractivity contribution >= 4 is 22.4 Å². The average molecular weight is 481 g/mol. The first-order valence-electron chi connectivity index (χ1n) is 12.2. The molecule has 0 aromatic carbocycles. The van der Waals surface area contributed by atoms with E-state index in [0.717, 1.165) is 56.0 Å². The number of ether oxygens (including phenoxy) is 1. The topological polar surface area (TPSA) is 84.4 Å². The van der Waals surface area contributed by atoms with Crippen LogP contribution in [-0.4, -0.2) is 57.0 Å². The van der Waals surface area contributed by atoms with Crippen LogP contribution in [-0.2, 0) is 15.6 Å². The van der Waals surface area contributed by atoms with Crippen molar-refractivity contribution in [3.8, 4) is 0 Å². The van der Waals surface area contributed by atoms with Gasteiger partial charge < -0.3 is 14.3 Å². The fourth-order valence-corrected chi connectivity index (χ4v) is 7.34. The Hall–Kier alpha value is -0.966. The highest BCUT2D eigenvalue weighted by Gasteiger charge is 2.52. The lowest BCUT2D eigenvalue weighted by atomic mass is 9.66. The molecular weight excluding hydrogens is 436 g/mol. The van der Waals surface area contributed by atoms with Gasteiger partial charge in [0.25, 0.3) is 0 Å². The number of aromatic amines is 1. The molecule has 1 aromatic heterocycles. The molecule has 1 saturated carbocycles. The molecular formula is C24H44N2O4Si2. The molecule has 3 rings (SSSR count). The average Bonchev–Trinajstić information content (AvgIpc) is 3.21. The molecule has 3 atom stereocenters. The lowest BCUT2D eigenvalue weighted by molar-refractivity contribution is 0.0274. The molecule has 1 fully saturated rings. The highest BCUT2D eigenvalue weighted by Crippen LogP contribution is 2.55. The standard InChI is InChI=1S/C24H44N2O4Si2/c1-23(2,3)32(7,8)30-19-10-9-11-24(19)14-17(16-29-12-13-31(4,5)6)20-18(15-24)25-26-21(20)22(27)28/h17,19H,9-16H2,1-8H3,(H,25,26)(H,27,28). The van der Waals surface area contributed by atoms with E-state index in [-0.39, 0.29) is 28.2 Å². The van der Waals surface area contributed by atoms with Crippen LogP contribution in [0.1, 0.15) is 74.1 Å². The minimum Gasteiger partial charge on any atom is -0.476 e. The number of aromatic nitrogens is 2. The fourth-order valence-electron chi connectivity index (χ4n) is 5.15. The summed E-state index contributed by atoms with van der Waals surface area (Å²) in [4.78, 5) is 11.9. The van der Waals surface area contributed by atoms with Crippen LogP contribution >= 0.6 is 0 Å². The van der Waals surface area contributed by atoms with E-state index in [1.54, 1.807) is 0 Å². The molecule has 1 spiro atoms. The number of aromatic carboxylic acids is 1. The quantitative estimate of drug-likeness (QED) is 0.349. The zero-order chi connectivity index (χ0) is 23.9. The number of nitrogens with zero attached hydrogens (tertiary/aromatic N) is 1. The number of carboxylic acids is 1. The molecule has 2 N–H and O–H groups in total. The van der Waals surface area contributed by atoms with Gasteiger partial charge in [0.15, 0.2) is 14.0 Å². The number of H-pyrrole nitrogens is 1. The Morgan fingerprint density at radius 2 is 1.94 bits per heavy atom. The Labute approximate surface area is 196 Å². The van der Waals surface area contributed by atoms with Gasteiger partial charge in [-0.3, -0.25) is 5.10 Å². The van der Waals surface area contributed by atoms with E-state index in [4.69, 9.17) is 9.16 Å². The van der Waals surface area contributed by atoms with Crippen LogP contribution in [0.5, 0.6) is 0 Å². The molecule has 2 aliphatic carbocycles. The smallest absolute Gasteiger partial charge is 0.356 e. The Balaban J connectivity index is 1.86. The van der Waals surface area contributed by atoms with Gasteiger partial charge in [0.2, 0.25) is 0 Å². The van der Waals surface area contributed by atoms with E-state index in [0.29, 0.717) is 6.61 Å². The largest absolute Gasteiger partial charge is 0.476 e. The predicted molar refractivity (Wildman–Crippen MR) is 134 cm³/mol. The second kappa shape index (κ2) is 9.00. The van der Waals surface area contributed by atoms with Crippen molar-refractivity contribution in [1.29, 1.82) is 0 Å². The van der Waals surface area contributed by atoms with Crippen LogP contribution < -0.4 is 0 Å². The third-order valence-corrected chi connectivity index (χ3v) is 14.2.